The van der Waals surface area contributed by atoms with Crippen molar-refractivity contribution in [3.05, 3.63) is 59.4 Å². The maximum atomic E-state index is 12.5. The van der Waals surface area contributed by atoms with E-state index in [0.717, 1.165) is 24.2 Å². The summed E-state index contributed by atoms with van der Waals surface area (Å²) in [4.78, 5) is 33.1. The minimum atomic E-state index is -0.0303. The summed E-state index contributed by atoms with van der Waals surface area (Å²) in [6.07, 6.45) is 1.59. The molecule has 0 N–H and O–H groups in total. The summed E-state index contributed by atoms with van der Waals surface area (Å²) in [5.74, 6) is 0.834. The summed E-state index contributed by atoms with van der Waals surface area (Å²) in [6, 6.07) is 13.1. The van der Waals surface area contributed by atoms with Crippen molar-refractivity contribution >= 4 is 11.8 Å². The van der Waals surface area contributed by atoms with Crippen LogP contribution in [-0.2, 0) is 4.79 Å². The van der Waals surface area contributed by atoms with Crippen LogP contribution in [0.15, 0.2) is 42.5 Å². The topological polar surface area (TPSA) is 62.7 Å². The highest BCUT2D eigenvalue weighted by atomic mass is 16.5. The van der Waals surface area contributed by atoms with Crippen molar-refractivity contribution in [3.8, 4) is 5.75 Å². The summed E-state index contributed by atoms with van der Waals surface area (Å²) in [5, 5.41) is 0. The number of rotatable bonds is 5. The second-order valence-corrected chi connectivity index (χ2v) is 7.34. The summed E-state index contributed by atoms with van der Waals surface area (Å²) in [6.45, 7) is 3.27. The number of hydrogen-bond donors (Lipinski definition) is 0. The van der Waals surface area contributed by atoms with E-state index in [1.807, 2.05) is 54.3 Å². The fraction of sp³-hybridized carbons (Fsp3) is 0.409. The van der Waals surface area contributed by atoms with Crippen molar-refractivity contribution in [1.29, 1.82) is 0 Å². The highest BCUT2D eigenvalue weighted by Crippen LogP contribution is 2.30. The van der Waals surface area contributed by atoms with Gasteiger partial charge in [0.2, 0.25) is 0 Å². The van der Waals surface area contributed by atoms with Crippen LogP contribution in [0.1, 0.15) is 40.5 Å². The minimum absolute atomic E-state index is 0.0101. The summed E-state index contributed by atoms with van der Waals surface area (Å²) < 4.78 is 5.57. The number of ether oxygens (including phenoxy) is 1. The van der Waals surface area contributed by atoms with Gasteiger partial charge in [-0.3, -0.25) is 14.6 Å². The van der Waals surface area contributed by atoms with Gasteiger partial charge in [-0.1, -0.05) is 18.2 Å². The molecule has 6 heteroatoms. The van der Waals surface area contributed by atoms with Crippen LogP contribution in [0.4, 0.5) is 0 Å². The molecule has 0 radical (unpaired) electrons. The van der Waals surface area contributed by atoms with Gasteiger partial charge in [0.05, 0.1) is 11.3 Å². The van der Waals surface area contributed by atoms with Gasteiger partial charge in [-0.2, -0.15) is 0 Å². The second-order valence-electron chi connectivity index (χ2n) is 7.34. The molecule has 2 aromatic rings. The number of amides is 2. The van der Waals surface area contributed by atoms with E-state index in [2.05, 4.69) is 4.98 Å². The predicted octanol–water partition coefficient (Wildman–Crippen LogP) is 2.88. The van der Waals surface area contributed by atoms with E-state index < -0.39 is 0 Å². The molecule has 6 nitrogen and oxygen atoms in total. The first-order valence-corrected chi connectivity index (χ1v) is 9.60. The molecule has 1 aliphatic heterocycles. The first-order valence-electron chi connectivity index (χ1n) is 9.60. The Morgan fingerprint density at radius 2 is 1.79 bits per heavy atom. The third-order valence-corrected chi connectivity index (χ3v) is 5.04. The number of hydrogen-bond acceptors (Lipinski definition) is 4. The van der Waals surface area contributed by atoms with Gasteiger partial charge in [-0.05, 0) is 44.0 Å². The molecule has 2 amide bonds. The van der Waals surface area contributed by atoms with Gasteiger partial charge in [0.25, 0.3) is 11.8 Å². The van der Waals surface area contributed by atoms with E-state index in [-0.39, 0.29) is 24.3 Å². The number of piperidine rings is 1. The molecule has 1 fully saturated rings. The van der Waals surface area contributed by atoms with Gasteiger partial charge >= 0.3 is 0 Å². The first-order chi connectivity index (χ1) is 13.5. The first kappa shape index (κ1) is 19.9. The van der Waals surface area contributed by atoms with Gasteiger partial charge in [-0.15, -0.1) is 0 Å². The minimum Gasteiger partial charge on any atom is -0.484 e. The maximum Gasteiger partial charge on any atom is 0.260 e. The molecule has 0 spiro atoms. The third-order valence-electron chi connectivity index (χ3n) is 5.04. The fourth-order valence-corrected chi connectivity index (χ4v) is 3.47. The molecular formula is C22H27N3O3. The highest BCUT2D eigenvalue weighted by Gasteiger charge is 2.28. The highest BCUT2D eigenvalue weighted by molar-refractivity contribution is 5.95. The van der Waals surface area contributed by atoms with E-state index in [4.69, 9.17) is 4.74 Å². The van der Waals surface area contributed by atoms with Crippen LogP contribution in [0.3, 0.4) is 0 Å². The van der Waals surface area contributed by atoms with Gasteiger partial charge < -0.3 is 14.5 Å². The molecule has 28 heavy (non-hydrogen) atoms. The average molecular weight is 381 g/mol. The van der Waals surface area contributed by atoms with E-state index >= 15 is 0 Å². The van der Waals surface area contributed by atoms with Gasteiger partial charge in [0, 0.05) is 38.8 Å². The molecule has 0 unspecified atom stereocenters. The molecule has 3 rings (SSSR count). The van der Waals surface area contributed by atoms with Crippen LogP contribution < -0.4 is 4.74 Å². The van der Waals surface area contributed by atoms with Crippen LogP contribution in [0, 0.1) is 6.92 Å². The molecule has 1 aromatic carbocycles. The number of benzene rings is 1. The zero-order valence-electron chi connectivity index (χ0n) is 16.7. The van der Waals surface area contributed by atoms with E-state index in [1.54, 1.807) is 19.0 Å². The van der Waals surface area contributed by atoms with Crippen molar-refractivity contribution in [2.75, 3.05) is 33.8 Å². The maximum absolute atomic E-state index is 12.5. The third kappa shape index (κ3) is 4.68. The summed E-state index contributed by atoms with van der Waals surface area (Å²) >= 11 is 0. The number of pyridine rings is 1. The zero-order valence-corrected chi connectivity index (χ0v) is 16.7. The fourth-order valence-electron chi connectivity index (χ4n) is 3.47. The molecule has 0 saturated carbocycles. The Hall–Kier alpha value is -2.89. The molecule has 1 saturated heterocycles. The standard InChI is InChI=1S/C22H27N3O3/c1-16-9-10-19(22(27)24(2)3)21(23-16)17-11-13-25(14-12-17)20(26)15-28-18-7-5-4-6-8-18/h4-10,17H,11-15H2,1-3H3. The zero-order chi connectivity index (χ0) is 20.1. The van der Waals surface area contributed by atoms with Crippen LogP contribution in [-0.4, -0.2) is 60.4 Å². The monoisotopic (exact) mass is 381 g/mol. The second kappa shape index (κ2) is 8.87. The number of likely N-dealkylation sites (tertiary alicyclic amines) is 1. The number of aromatic nitrogens is 1. The Bertz CT molecular complexity index is 828. The van der Waals surface area contributed by atoms with Crippen molar-refractivity contribution in [2.45, 2.75) is 25.7 Å². The quantitative estimate of drug-likeness (QED) is 0.799. The van der Waals surface area contributed by atoms with E-state index in [1.165, 1.54) is 0 Å². The number of carbonyl (C=O) groups is 2. The van der Waals surface area contributed by atoms with Crippen molar-refractivity contribution in [3.63, 3.8) is 0 Å². The molecule has 2 heterocycles. The molecule has 148 valence electrons. The smallest absolute Gasteiger partial charge is 0.260 e. The van der Waals surface area contributed by atoms with Crippen LogP contribution in [0.25, 0.3) is 0 Å². The molecule has 0 atom stereocenters. The SMILES string of the molecule is Cc1ccc(C(=O)N(C)C)c(C2CCN(C(=O)COc3ccccc3)CC2)n1. The Kier molecular flexibility index (Phi) is 6.29. The average Bonchev–Trinajstić information content (AvgIpc) is 2.72. The van der Waals surface area contributed by atoms with Crippen LogP contribution in [0.5, 0.6) is 5.75 Å². The molecule has 0 aliphatic carbocycles. The summed E-state index contributed by atoms with van der Waals surface area (Å²) in [7, 11) is 3.50. The van der Waals surface area contributed by atoms with Crippen LogP contribution in [0.2, 0.25) is 0 Å². The molecule has 1 aliphatic rings. The van der Waals surface area contributed by atoms with Crippen molar-refractivity contribution in [1.82, 2.24) is 14.8 Å². The predicted molar refractivity (Wildman–Crippen MR) is 107 cm³/mol. The Morgan fingerprint density at radius 1 is 1.11 bits per heavy atom. The number of carbonyl (C=O) groups excluding carboxylic acids is 2. The van der Waals surface area contributed by atoms with E-state index in [9.17, 15) is 9.59 Å². The van der Waals surface area contributed by atoms with Crippen molar-refractivity contribution < 1.29 is 14.3 Å². The largest absolute Gasteiger partial charge is 0.484 e. The van der Waals surface area contributed by atoms with Gasteiger partial charge in [0.15, 0.2) is 6.61 Å². The summed E-state index contributed by atoms with van der Waals surface area (Å²) in [5.41, 5.74) is 2.42. The number of para-hydroxylation sites is 1. The molecule has 0 bridgehead atoms. The van der Waals surface area contributed by atoms with Gasteiger partial charge in [-0.25, -0.2) is 0 Å². The van der Waals surface area contributed by atoms with Crippen LogP contribution >= 0.6 is 0 Å². The normalized spacial score (nSPS) is 14.6. The lowest BCUT2D eigenvalue weighted by atomic mass is 9.89. The molecule has 1 aromatic heterocycles. The van der Waals surface area contributed by atoms with Gasteiger partial charge in [0.1, 0.15) is 5.75 Å². The lowest BCUT2D eigenvalue weighted by molar-refractivity contribution is -0.134. The Labute approximate surface area is 166 Å². The Balaban J connectivity index is 1.61. The number of nitrogens with zero attached hydrogens (tertiary/aromatic N) is 3. The van der Waals surface area contributed by atoms with E-state index in [0.29, 0.717) is 24.4 Å². The lowest BCUT2D eigenvalue weighted by Gasteiger charge is -2.32. The molecular weight excluding hydrogens is 354 g/mol. The lowest BCUT2D eigenvalue weighted by Crippen LogP contribution is -2.41. The number of aryl methyl sites for hydroxylation is 1. The van der Waals surface area contributed by atoms with Crippen molar-refractivity contribution in [2.24, 2.45) is 0 Å². The Morgan fingerprint density at radius 3 is 2.43 bits per heavy atom.